The Morgan fingerprint density at radius 1 is 0.963 bits per heavy atom. The molecule has 1 aromatic rings. The topological polar surface area (TPSA) is 53.1 Å². The molecule has 2 aliphatic heterocycles. The average Bonchev–Trinajstić information content (AvgIpc) is 2.67. The van der Waals surface area contributed by atoms with Gasteiger partial charge in [0.05, 0.1) is 5.92 Å². The van der Waals surface area contributed by atoms with E-state index in [0.717, 1.165) is 39.0 Å². The minimum Gasteiger partial charge on any atom is -0.444 e. The molecular formula is C21H31N3O3. The van der Waals surface area contributed by atoms with Crippen LogP contribution in [0.25, 0.3) is 0 Å². The summed E-state index contributed by atoms with van der Waals surface area (Å²) in [4.78, 5) is 31.3. The number of ether oxygens (including phenoxy) is 1. The molecule has 0 N–H and O–H groups in total. The van der Waals surface area contributed by atoms with Crippen molar-refractivity contribution < 1.29 is 14.3 Å². The molecular weight excluding hydrogens is 342 g/mol. The second kappa shape index (κ2) is 8.19. The number of rotatable bonds is 2. The first kappa shape index (κ1) is 19.5. The molecule has 0 bridgehead atoms. The SMILES string of the molecule is CC(C)(C)OC(=O)N1CCCC(C(=O)N2CCN(c3ccccc3)CC2)C1. The van der Waals surface area contributed by atoms with E-state index < -0.39 is 5.60 Å². The zero-order valence-electron chi connectivity index (χ0n) is 16.7. The first-order valence-corrected chi connectivity index (χ1v) is 9.90. The van der Waals surface area contributed by atoms with Crippen LogP contribution in [-0.4, -0.2) is 66.7 Å². The molecule has 0 saturated carbocycles. The molecule has 2 fully saturated rings. The van der Waals surface area contributed by atoms with Gasteiger partial charge in [-0.2, -0.15) is 0 Å². The van der Waals surface area contributed by atoms with E-state index in [1.54, 1.807) is 4.90 Å². The van der Waals surface area contributed by atoms with E-state index in [1.165, 1.54) is 5.69 Å². The van der Waals surface area contributed by atoms with E-state index in [2.05, 4.69) is 17.0 Å². The Morgan fingerprint density at radius 2 is 1.63 bits per heavy atom. The van der Waals surface area contributed by atoms with Crippen molar-refractivity contribution in [2.45, 2.75) is 39.2 Å². The first-order valence-electron chi connectivity index (χ1n) is 9.90. The van der Waals surface area contributed by atoms with Gasteiger partial charge in [0.1, 0.15) is 5.60 Å². The van der Waals surface area contributed by atoms with Crippen molar-refractivity contribution in [3.05, 3.63) is 30.3 Å². The van der Waals surface area contributed by atoms with Crippen LogP contribution in [0.4, 0.5) is 10.5 Å². The highest BCUT2D eigenvalue weighted by Gasteiger charge is 2.34. The standard InChI is InChI=1S/C21H31N3O3/c1-21(2,3)27-20(26)24-11-7-8-17(16-24)19(25)23-14-12-22(13-15-23)18-9-5-4-6-10-18/h4-6,9-10,17H,7-8,11-16H2,1-3H3. The lowest BCUT2D eigenvalue weighted by atomic mass is 9.96. The van der Waals surface area contributed by atoms with Gasteiger partial charge in [0.2, 0.25) is 5.91 Å². The summed E-state index contributed by atoms with van der Waals surface area (Å²) >= 11 is 0. The number of likely N-dealkylation sites (tertiary alicyclic amines) is 1. The Kier molecular flexibility index (Phi) is 5.92. The molecule has 148 valence electrons. The summed E-state index contributed by atoms with van der Waals surface area (Å²) in [5, 5.41) is 0. The van der Waals surface area contributed by atoms with Gasteiger partial charge in [-0.15, -0.1) is 0 Å². The number of nitrogens with zero attached hydrogens (tertiary/aromatic N) is 3. The summed E-state index contributed by atoms with van der Waals surface area (Å²) in [6.07, 6.45) is 1.38. The molecule has 3 rings (SSSR count). The highest BCUT2D eigenvalue weighted by Crippen LogP contribution is 2.23. The van der Waals surface area contributed by atoms with Gasteiger partial charge in [-0.3, -0.25) is 4.79 Å². The Bertz CT molecular complexity index is 648. The van der Waals surface area contributed by atoms with Crippen molar-refractivity contribution in [1.82, 2.24) is 9.80 Å². The third kappa shape index (κ3) is 5.15. The largest absolute Gasteiger partial charge is 0.444 e. The molecule has 1 atom stereocenters. The number of hydrogen-bond acceptors (Lipinski definition) is 4. The number of hydrogen-bond donors (Lipinski definition) is 0. The zero-order valence-corrected chi connectivity index (χ0v) is 16.7. The Hall–Kier alpha value is -2.24. The highest BCUT2D eigenvalue weighted by atomic mass is 16.6. The molecule has 0 aromatic heterocycles. The van der Waals surface area contributed by atoms with Gasteiger partial charge >= 0.3 is 6.09 Å². The third-order valence-corrected chi connectivity index (χ3v) is 5.14. The number of benzene rings is 1. The van der Waals surface area contributed by atoms with Crippen molar-refractivity contribution in [3.8, 4) is 0 Å². The van der Waals surface area contributed by atoms with Crippen LogP contribution in [0.2, 0.25) is 0 Å². The minimum atomic E-state index is -0.512. The Balaban J connectivity index is 1.53. The molecule has 6 nitrogen and oxygen atoms in total. The minimum absolute atomic E-state index is 0.116. The predicted molar refractivity (Wildman–Crippen MR) is 106 cm³/mol. The fraction of sp³-hybridized carbons (Fsp3) is 0.619. The molecule has 6 heteroatoms. The van der Waals surface area contributed by atoms with E-state index in [4.69, 9.17) is 4.74 Å². The highest BCUT2D eigenvalue weighted by molar-refractivity contribution is 5.80. The summed E-state index contributed by atoms with van der Waals surface area (Å²) < 4.78 is 5.47. The fourth-order valence-corrected chi connectivity index (χ4v) is 3.75. The molecule has 2 aliphatic rings. The fourth-order valence-electron chi connectivity index (χ4n) is 3.75. The van der Waals surface area contributed by atoms with E-state index in [9.17, 15) is 9.59 Å². The van der Waals surface area contributed by atoms with Gasteiger partial charge in [0.15, 0.2) is 0 Å². The van der Waals surface area contributed by atoms with Crippen LogP contribution in [0.3, 0.4) is 0 Å². The van der Waals surface area contributed by atoms with Crippen molar-refractivity contribution in [2.75, 3.05) is 44.2 Å². The number of piperidine rings is 1. The molecule has 2 heterocycles. The van der Waals surface area contributed by atoms with Gasteiger partial charge in [0.25, 0.3) is 0 Å². The number of amides is 2. The Labute approximate surface area is 162 Å². The van der Waals surface area contributed by atoms with Crippen molar-refractivity contribution in [3.63, 3.8) is 0 Å². The third-order valence-electron chi connectivity index (χ3n) is 5.14. The van der Waals surface area contributed by atoms with Gasteiger partial charge in [-0.05, 0) is 45.7 Å². The molecule has 0 radical (unpaired) electrons. The second-order valence-electron chi connectivity index (χ2n) is 8.41. The van der Waals surface area contributed by atoms with Crippen LogP contribution in [0.1, 0.15) is 33.6 Å². The maximum Gasteiger partial charge on any atom is 0.410 e. The van der Waals surface area contributed by atoms with E-state index in [-0.39, 0.29) is 17.9 Å². The van der Waals surface area contributed by atoms with Crippen LogP contribution in [0.15, 0.2) is 30.3 Å². The van der Waals surface area contributed by atoms with E-state index >= 15 is 0 Å². The van der Waals surface area contributed by atoms with Gasteiger partial charge in [0, 0.05) is 45.0 Å². The van der Waals surface area contributed by atoms with Crippen molar-refractivity contribution in [1.29, 1.82) is 0 Å². The van der Waals surface area contributed by atoms with Gasteiger partial charge in [-0.1, -0.05) is 18.2 Å². The number of carbonyl (C=O) groups excluding carboxylic acids is 2. The predicted octanol–water partition coefficient (Wildman–Crippen LogP) is 2.98. The number of anilines is 1. The van der Waals surface area contributed by atoms with Crippen LogP contribution >= 0.6 is 0 Å². The molecule has 2 amide bonds. The summed E-state index contributed by atoms with van der Waals surface area (Å²) in [7, 11) is 0. The maximum absolute atomic E-state index is 13.0. The summed E-state index contributed by atoms with van der Waals surface area (Å²) in [5.41, 5.74) is 0.695. The van der Waals surface area contributed by atoms with Crippen molar-refractivity contribution in [2.24, 2.45) is 5.92 Å². The van der Waals surface area contributed by atoms with Crippen LogP contribution < -0.4 is 4.90 Å². The molecule has 0 spiro atoms. The summed E-state index contributed by atoms with van der Waals surface area (Å²) in [5.74, 6) is 0.0607. The second-order valence-corrected chi connectivity index (χ2v) is 8.41. The van der Waals surface area contributed by atoms with Gasteiger partial charge in [-0.25, -0.2) is 4.79 Å². The molecule has 2 saturated heterocycles. The average molecular weight is 373 g/mol. The zero-order chi connectivity index (χ0) is 19.4. The molecule has 1 unspecified atom stereocenters. The Morgan fingerprint density at radius 3 is 2.26 bits per heavy atom. The number of carbonyl (C=O) groups is 2. The van der Waals surface area contributed by atoms with Crippen LogP contribution in [0.5, 0.6) is 0 Å². The molecule has 27 heavy (non-hydrogen) atoms. The number of para-hydroxylation sites is 1. The van der Waals surface area contributed by atoms with Crippen molar-refractivity contribution >= 4 is 17.7 Å². The lowest BCUT2D eigenvalue weighted by Crippen LogP contribution is -2.53. The van der Waals surface area contributed by atoms with Crippen LogP contribution in [-0.2, 0) is 9.53 Å². The summed E-state index contributed by atoms with van der Waals surface area (Å²) in [6, 6.07) is 10.3. The number of piperazine rings is 1. The maximum atomic E-state index is 13.0. The van der Waals surface area contributed by atoms with E-state index in [0.29, 0.717) is 13.1 Å². The normalized spacial score (nSPS) is 21.1. The molecule has 0 aliphatic carbocycles. The monoisotopic (exact) mass is 373 g/mol. The lowest BCUT2D eigenvalue weighted by molar-refractivity contribution is -0.137. The summed E-state index contributed by atoms with van der Waals surface area (Å²) in [6.45, 7) is 9.88. The lowest BCUT2D eigenvalue weighted by Gasteiger charge is -2.39. The van der Waals surface area contributed by atoms with E-state index in [1.807, 2.05) is 43.9 Å². The first-order chi connectivity index (χ1) is 12.8. The quantitative estimate of drug-likeness (QED) is 0.800. The smallest absolute Gasteiger partial charge is 0.410 e. The van der Waals surface area contributed by atoms with Gasteiger partial charge < -0.3 is 19.4 Å². The van der Waals surface area contributed by atoms with Crippen LogP contribution in [0, 0.1) is 5.92 Å². The molecule has 1 aromatic carbocycles.